The molecule has 0 unspecified atom stereocenters. The molecule has 146 valence electrons. The van der Waals surface area contributed by atoms with Gasteiger partial charge in [-0.05, 0) is 18.6 Å². The molecule has 3 heterocycles. The van der Waals surface area contributed by atoms with Gasteiger partial charge in [0.15, 0.2) is 11.5 Å². The van der Waals surface area contributed by atoms with E-state index in [-0.39, 0.29) is 18.8 Å². The molecule has 29 heavy (non-hydrogen) atoms. The first kappa shape index (κ1) is 18.7. The van der Waals surface area contributed by atoms with Gasteiger partial charge in [0.05, 0.1) is 24.7 Å². The molecule has 0 bridgehead atoms. The molecule has 0 amide bonds. The molecule has 0 aliphatic carbocycles. The number of piperazine rings is 1. The fourth-order valence-electron chi connectivity index (χ4n) is 3.62. The van der Waals surface area contributed by atoms with E-state index >= 15 is 0 Å². The third-order valence-corrected chi connectivity index (χ3v) is 5.07. The highest BCUT2D eigenvalue weighted by Gasteiger charge is 2.23. The molecule has 0 spiro atoms. The van der Waals surface area contributed by atoms with Crippen molar-refractivity contribution >= 4 is 17.0 Å². The van der Waals surface area contributed by atoms with Crippen molar-refractivity contribution in [3.05, 3.63) is 52.2 Å². The molecule has 8 heteroatoms. The minimum absolute atomic E-state index is 0.202. The van der Waals surface area contributed by atoms with E-state index in [4.69, 9.17) is 0 Å². The topological polar surface area (TPSA) is 91.8 Å². The Morgan fingerprint density at radius 2 is 1.97 bits per heavy atom. The average Bonchev–Trinajstić information content (AvgIpc) is 3.04. The lowest BCUT2D eigenvalue weighted by molar-refractivity contribution is 0.585. The maximum Gasteiger partial charge on any atom is 0.331 e. The Morgan fingerprint density at radius 3 is 2.72 bits per heavy atom. The average molecular weight is 387 g/mol. The van der Waals surface area contributed by atoms with E-state index in [1.165, 1.54) is 6.33 Å². The molecule has 0 radical (unpaired) electrons. The van der Waals surface area contributed by atoms with E-state index in [1.54, 1.807) is 22.1 Å². The summed E-state index contributed by atoms with van der Waals surface area (Å²) in [4.78, 5) is 24.4. The van der Waals surface area contributed by atoms with E-state index in [1.807, 2.05) is 18.2 Å². The first-order chi connectivity index (χ1) is 14.2. The molecule has 1 aliphatic heterocycles. The summed E-state index contributed by atoms with van der Waals surface area (Å²) in [5.74, 6) is 6.60. The molecule has 8 nitrogen and oxygen atoms in total. The van der Waals surface area contributed by atoms with E-state index in [9.17, 15) is 10.1 Å². The van der Waals surface area contributed by atoms with Crippen LogP contribution in [0, 0.1) is 23.2 Å². The molecule has 4 rings (SSSR count). The Bertz CT molecular complexity index is 1200. The number of hydrogen-bond donors (Lipinski definition) is 1. The van der Waals surface area contributed by atoms with Gasteiger partial charge < -0.3 is 10.2 Å². The van der Waals surface area contributed by atoms with Crippen molar-refractivity contribution in [1.29, 1.82) is 5.26 Å². The van der Waals surface area contributed by atoms with Crippen molar-refractivity contribution in [1.82, 2.24) is 24.4 Å². The van der Waals surface area contributed by atoms with Crippen molar-refractivity contribution in [3.63, 3.8) is 0 Å². The predicted molar refractivity (Wildman–Crippen MR) is 111 cm³/mol. The standard InChI is InChI=1S/C21H21N7O/c1-2-3-10-27-18-19(26-11-8-23-9-12-26)24-15-25-20(18)28(21(27)29)14-17-7-5-4-6-16(17)13-22/h4-7,15,23H,8-12,14H2,1H3. The van der Waals surface area contributed by atoms with Gasteiger partial charge in [0.1, 0.15) is 11.8 Å². The van der Waals surface area contributed by atoms with E-state index in [0.29, 0.717) is 16.7 Å². The lowest BCUT2D eigenvalue weighted by Crippen LogP contribution is -2.44. The first-order valence-electron chi connectivity index (χ1n) is 9.52. The highest BCUT2D eigenvalue weighted by atomic mass is 16.1. The van der Waals surface area contributed by atoms with Crippen molar-refractivity contribution in [2.24, 2.45) is 0 Å². The number of nitrogens with one attached hydrogen (secondary N) is 1. The van der Waals surface area contributed by atoms with Gasteiger partial charge in [-0.1, -0.05) is 24.1 Å². The summed E-state index contributed by atoms with van der Waals surface area (Å²) in [6, 6.07) is 9.49. The number of rotatable bonds is 4. The SMILES string of the molecule is CC#CCn1c(=O)n(Cc2ccccc2C#N)c2ncnc(N3CCNCC3)c21. The van der Waals surface area contributed by atoms with Crippen LogP contribution in [-0.4, -0.2) is 45.3 Å². The van der Waals surface area contributed by atoms with Crippen molar-refractivity contribution in [2.75, 3.05) is 31.1 Å². The van der Waals surface area contributed by atoms with Gasteiger partial charge in [0.2, 0.25) is 0 Å². The molecule has 0 saturated carbocycles. The number of benzene rings is 1. The van der Waals surface area contributed by atoms with E-state index in [2.05, 4.69) is 38.1 Å². The van der Waals surface area contributed by atoms with E-state index < -0.39 is 0 Å². The summed E-state index contributed by atoms with van der Waals surface area (Å²) in [6.07, 6.45) is 1.50. The first-order valence-corrected chi connectivity index (χ1v) is 9.52. The predicted octanol–water partition coefficient (Wildman–Crippen LogP) is 0.946. The van der Waals surface area contributed by atoms with Crippen LogP contribution in [0.25, 0.3) is 11.2 Å². The highest BCUT2D eigenvalue weighted by Crippen LogP contribution is 2.23. The summed E-state index contributed by atoms with van der Waals surface area (Å²) in [5.41, 5.74) is 2.37. The summed E-state index contributed by atoms with van der Waals surface area (Å²) in [6.45, 7) is 5.63. The van der Waals surface area contributed by atoms with Gasteiger partial charge in [-0.3, -0.25) is 9.13 Å². The van der Waals surface area contributed by atoms with Crippen LogP contribution in [0.4, 0.5) is 5.82 Å². The smallest absolute Gasteiger partial charge is 0.331 e. The van der Waals surface area contributed by atoms with Crippen molar-refractivity contribution in [2.45, 2.75) is 20.0 Å². The molecular formula is C21H21N7O. The minimum atomic E-state index is -0.202. The number of imidazole rings is 1. The number of anilines is 1. The molecule has 1 aromatic carbocycles. The highest BCUT2D eigenvalue weighted by molar-refractivity contribution is 5.84. The molecule has 1 aliphatic rings. The summed E-state index contributed by atoms with van der Waals surface area (Å²) < 4.78 is 3.24. The molecule has 2 aromatic heterocycles. The van der Waals surface area contributed by atoms with Crippen LogP contribution in [0.15, 0.2) is 35.4 Å². The second kappa shape index (κ2) is 8.17. The summed E-state index contributed by atoms with van der Waals surface area (Å²) >= 11 is 0. The van der Waals surface area contributed by atoms with Crippen LogP contribution < -0.4 is 15.9 Å². The second-order valence-electron chi connectivity index (χ2n) is 6.76. The third-order valence-electron chi connectivity index (χ3n) is 5.07. The zero-order valence-corrected chi connectivity index (χ0v) is 16.2. The van der Waals surface area contributed by atoms with Crippen LogP contribution in [0.1, 0.15) is 18.1 Å². The second-order valence-corrected chi connectivity index (χ2v) is 6.76. The largest absolute Gasteiger partial charge is 0.352 e. The van der Waals surface area contributed by atoms with Gasteiger partial charge in [-0.25, -0.2) is 14.8 Å². The van der Waals surface area contributed by atoms with Crippen LogP contribution >= 0.6 is 0 Å². The number of nitriles is 1. The number of nitrogens with zero attached hydrogens (tertiary/aromatic N) is 6. The van der Waals surface area contributed by atoms with Gasteiger partial charge in [0, 0.05) is 26.2 Å². The van der Waals surface area contributed by atoms with Crippen LogP contribution in [0.3, 0.4) is 0 Å². The Kier molecular flexibility index (Phi) is 5.28. The molecule has 1 fully saturated rings. The molecule has 1 saturated heterocycles. The fourth-order valence-corrected chi connectivity index (χ4v) is 3.62. The third kappa shape index (κ3) is 3.46. The van der Waals surface area contributed by atoms with Gasteiger partial charge in [0.25, 0.3) is 0 Å². The van der Waals surface area contributed by atoms with Crippen molar-refractivity contribution in [3.8, 4) is 17.9 Å². The zero-order chi connectivity index (χ0) is 20.2. The van der Waals surface area contributed by atoms with Crippen LogP contribution in [-0.2, 0) is 13.1 Å². The van der Waals surface area contributed by atoms with Crippen molar-refractivity contribution < 1.29 is 0 Å². The molecule has 0 atom stereocenters. The molecule has 1 N–H and O–H groups in total. The van der Waals surface area contributed by atoms with Gasteiger partial charge in [-0.15, -0.1) is 5.92 Å². The maximum atomic E-state index is 13.3. The maximum absolute atomic E-state index is 13.3. The van der Waals surface area contributed by atoms with Gasteiger partial charge in [-0.2, -0.15) is 5.26 Å². The lowest BCUT2D eigenvalue weighted by Gasteiger charge is -2.28. The van der Waals surface area contributed by atoms with Crippen LogP contribution in [0.2, 0.25) is 0 Å². The van der Waals surface area contributed by atoms with Gasteiger partial charge >= 0.3 is 5.69 Å². The summed E-state index contributed by atoms with van der Waals surface area (Å²) in [7, 11) is 0. The molecule has 3 aromatic rings. The Morgan fingerprint density at radius 1 is 1.17 bits per heavy atom. The fraction of sp³-hybridized carbons (Fsp3) is 0.333. The van der Waals surface area contributed by atoms with E-state index in [0.717, 1.165) is 37.6 Å². The quantitative estimate of drug-likeness (QED) is 0.670. The normalized spacial score (nSPS) is 13.7. The monoisotopic (exact) mass is 387 g/mol. The lowest BCUT2D eigenvalue weighted by atomic mass is 10.1. The Hall–Kier alpha value is -3.62. The Labute approximate surface area is 168 Å². The molecular weight excluding hydrogens is 366 g/mol. The summed E-state index contributed by atoms with van der Waals surface area (Å²) in [5, 5.41) is 12.7. The zero-order valence-electron chi connectivity index (χ0n) is 16.2. The number of fused-ring (bicyclic) bond motifs is 1. The number of hydrogen-bond acceptors (Lipinski definition) is 6. The van der Waals surface area contributed by atoms with Crippen LogP contribution in [0.5, 0.6) is 0 Å². The number of aromatic nitrogens is 4. The minimum Gasteiger partial charge on any atom is -0.352 e. The Balaban J connectivity index is 1.91.